The fourth-order valence-corrected chi connectivity index (χ4v) is 2.75. The van der Waals surface area contributed by atoms with E-state index < -0.39 is 24.8 Å². The second kappa shape index (κ2) is 7.53. The van der Waals surface area contributed by atoms with Crippen molar-refractivity contribution < 1.29 is 18.0 Å². The summed E-state index contributed by atoms with van der Waals surface area (Å²) in [6.07, 6.45) is -4.41. The van der Waals surface area contributed by atoms with Crippen molar-refractivity contribution in [3.05, 3.63) is 35.9 Å². The van der Waals surface area contributed by atoms with Gasteiger partial charge in [0, 0.05) is 33.2 Å². The quantitative estimate of drug-likeness (QED) is 0.849. The first-order chi connectivity index (χ1) is 11.3. The maximum atomic E-state index is 12.4. The van der Waals surface area contributed by atoms with E-state index in [0.717, 1.165) is 12.6 Å². The van der Waals surface area contributed by atoms with E-state index in [0.29, 0.717) is 31.1 Å². The Labute approximate surface area is 138 Å². The normalized spacial score (nSPS) is 17.2. The smallest absolute Gasteiger partial charge is 0.322 e. The molecule has 1 fully saturated rings. The zero-order chi connectivity index (χ0) is 17.7. The molecule has 130 valence electrons. The van der Waals surface area contributed by atoms with Gasteiger partial charge in [-0.15, -0.1) is 0 Å². The highest BCUT2D eigenvalue weighted by Crippen LogP contribution is 2.22. The van der Waals surface area contributed by atoms with Crippen LogP contribution in [-0.2, 0) is 0 Å². The molecule has 0 bridgehead atoms. The van der Waals surface area contributed by atoms with Gasteiger partial charge in [-0.1, -0.05) is 30.3 Å². The highest BCUT2D eigenvalue weighted by Gasteiger charge is 2.34. The van der Waals surface area contributed by atoms with E-state index in [-0.39, 0.29) is 0 Å². The number of hydrogen-bond donors (Lipinski definition) is 0. The van der Waals surface area contributed by atoms with Crippen LogP contribution >= 0.6 is 0 Å². The van der Waals surface area contributed by atoms with Crippen LogP contribution in [0.3, 0.4) is 0 Å². The Bertz CT molecular complexity index is 592. The molecule has 0 spiro atoms. The molecule has 1 atom stereocenters. The lowest BCUT2D eigenvalue weighted by Crippen LogP contribution is -2.53. The number of amides is 2. The van der Waals surface area contributed by atoms with E-state index in [4.69, 9.17) is 0 Å². The summed E-state index contributed by atoms with van der Waals surface area (Å²) in [4.78, 5) is 16.1. The standard InChI is InChI=1S/C16H19F3N4O/c1-21(12-16(17,18)19)15(24)23-9-7-22(8-10-23)14(11-20)13-5-3-2-4-6-13/h2-6,14H,7-10,12H2,1H3. The first-order valence-electron chi connectivity index (χ1n) is 7.57. The van der Waals surface area contributed by atoms with Gasteiger partial charge in [0.05, 0.1) is 6.07 Å². The first-order valence-corrected chi connectivity index (χ1v) is 7.57. The average molecular weight is 340 g/mol. The van der Waals surface area contributed by atoms with Gasteiger partial charge in [0.1, 0.15) is 12.6 Å². The number of halogens is 3. The number of nitrogens with zero attached hydrogens (tertiary/aromatic N) is 4. The molecular weight excluding hydrogens is 321 g/mol. The zero-order valence-corrected chi connectivity index (χ0v) is 13.3. The second-order valence-electron chi connectivity index (χ2n) is 5.72. The van der Waals surface area contributed by atoms with E-state index in [1.807, 2.05) is 35.2 Å². The van der Waals surface area contributed by atoms with Gasteiger partial charge in [0.15, 0.2) is 0 Å². The lowest BCUT2D eigenvalue weighted by Gasteiger charge is -2.38. The molecule has 0 aliphatic carbocycles. The summed E-state index contributed by atoms with van der Waals surface area (Å²) in [5, 5.41) is 9.42. The number of carbonyl (C=O) groups is 1. The molecule has 24 heavy (non-hydrogen) atoms. The molecular formula is C16H19F3N4O. The van der Waals surface area contributed by atoms with Crippen LogP contribution in [0.1, 0.15) is 11.6 Å². The number of hydrogen-bond acceptors (Lipinski definition) is 3. The summed E-state index contributed by atoms with van der Waals surface area (Å²) >= 11 is 0. The van der Waals surface area contributed by atoms with Crippen molar-refractivity contribution >= 4 is 6.03 Å². The number of rotatable bonds is 3. The largest absolute Gasteiger partial charge is 0.406 e. The minimum Gasteiger partial charge on any atom is -0.322 e. The third-order valence-corrected chi connectivity index (χ3v) is 3.93. The zero-order valence-electron chi connectivity index (χ0n) is 13.3. The molecule has 1 aliphatic heterocycles. The van der Waals surface area contributed by atoms with Crippen LogP contribution in [0, 0.1) is 11.3 Å². The van der Waals surface area contributed by atoms with Gasteiger partial charge in [0.2, 0.25) is 0 Å². The predicted molar refractivity (Wildman–Crippen MR) is 82.0 cm³/mol. The van der Waals surface area contributed by atoms with Crippen LogP contribution < -0.4 is 0 Å². The van der Waals surface area contributed by atoms with Crippen molar-refractivity contribution in [2.45, 2.75) is 12.2 Å². The molecule has 0 radical (unpaired) electrons. The number of carbonyl (C=O) groups excluding carboxylic acids is 1. The van der Waals surface area contributed by atoms with Crippen molar-refractivity contribution in [1.82, 2.24) is 14.7 Å². The molecule has 8 heteroatoms. The summed E-state index contributed by atoms with van der Waals surface area (Å²) in [6, 6.07) is 10.5. The summed E-state index contributed by atoms with van der Waals surface area (Å²) in [5.41, 5.74) is 0.869. The van der Waals surface area contributed by atoms with Gasteiger partial charge < -0.3 is 9.80 Å². The molecule has 1 aromatic carbocycles. The van der Waals surface area contributed by atoms with Gasteiger partial charge in [-0.05, 0) is 5.56 Å². The minimum absolute atomic E-state index is 0.298. The van der Waals surface area contributed by atoms with Gasteiger partial charge in [-0.2, -0.15) is 18.4 Å². The Morgan fingerprint density at radius 2 is 1.83 bits per heavy atom. The van der Waals surface area contributed by atoms with Crippen LogP contribution in [0.2, 0.25) is 0 Å². The van der Waals surface area contributed by atoms with Crippen molar-refractivity contribution in [2.75, 3.05) is 39.8 Å². The van der Waals surface area contributed by atoms with Crippen molar-refractivity contribution in [1.29, 1.82) is 5.26 Å². The highest BCUT2D eigenvalue weighted by atomic mass is 19.4. The molecule has 1 heterocycles. The van der Waals surface area contributed by atoms with E-state index in [2.05, 4.69) is 6.07 Å². The molecule has 2 rings (SSSR count). The van der Waals surface area contributed by atoms with Crippen LogP contribution in [-0.4, -0.2) is 66.7 Å². The number of piperazine rings is 1. The fourth-order valence-electron chi connectivity index (χ4n) is 2.75. The SMILES string of the molecule is CN(CC(F)(F)F)C(=O)N1CCN(C(C#N)c2ccccc2)CC1. The average Bonchev–Trinajstić information content (AvgIpc) is 2.55. The summed E-state index contributed by atoms with van der Waals surface area (Å²) in [5.74, 6) is 0. The monoisotopic (exact) mass is 340 g/mol. The number of benzene rings is 1. The van der Waals surface area contributed by atoms with Crippen molar-refractivity contribution in [3.8, 4) is 6.07 Å². The molecule has 0 saturated carbocycles. The van der Waals surface area contributed by atoms with E-state index in [9.17, 15) is 23.2 Å². The number of nitriles is 1. The Kier molecular flexibility index (Phi) is 5.67. The Balaban J connectivity index is 1.93. The van der Waals surface area contributed by atoms with Crippen LogP contribution in [0.25, 0.3) is 0 Å². The Hall–Kier alpha value is -2.27. The second-order valence-corrected chi connectivity index (χ2v) is 5.72. The summed E-state index contributed by atoms with van der Waals surface area (Å²) < 4.78 is 37.1. The molecule has 0 aromatic heterocycles. The molecule has 1 aliphatic rings. The lowest BCUT2D eigenvalue weighted by atomic mass is 10.1. The van der Waals surface area contributed by atoms with Gasteiger partial charge in [-0.3, -0.25) is 4.90 Å². The molecule has 5 nitrogen and oxygen atoms in total. The third kappa shape index (κ3) is 4.61. The summed E-state index contributed by atoms with van der Waals surface area (Å²) in [6.45, 7) is 0.215. The summed E-state index contributed by atoms with van der Waals surface area (Å²) in [7, 11) is 1.14. The van der Waals surface area contributed by atoms with E-state index in [1.54, 1.807) is 0 Å². The maximum Gasteiger partial charge on any atom is 0.406 e. The minimum atomic E-state index is -4.41. The molecule has 1 unspecified atom stereocenters. The van der Waals surface area contributed by atoms with Gasteiger partial charge in [-0.25, -0.2) is 4.79 Å². The van der Waals surface area contributed by atoms with Crippen molar-refractivity contribution in [3.63, 3.8) is 0 Å². The van der Waals surface area contributed by atoms with Crippen LogP contribution in [0.4, 0.5) is 18.0 Å². The molecule has 1 aromatic rings. The topological polar surface area (TPSA) is 50.6 Å². The van der Waals surface area contributed by atoms with E-state index >= 15 is 0 Å². The van der Waals surface area contributed by atoms with Gasteiger partial charge in [0.25, 0.3) is 0 Å². The maximum absolute atomic E-state index is 12.4. The molecule has 0 N–H and O–H groups in total. The predicted octanol–water partition coefficient (Wildman–Crippen LogP) is 2.48. The highest BCUT2D eigenvalue weighted by molar-refractivity contribution is 5.74. The van der Waals surface area contributed by atoms with Crippen LogP contribution in [0.15, 0.2) is 30.3 Å². The fraction of sp³-hybridized carbons (Fsp3) is 0.500. The third-order valence-electron chi connectivity index (χ3n) is 3.93. The number of alkyl halides is 3. The van der Waals surface area contributed by atoms with E-state index in [1.165, 1.54) is 4.90 Å². The number of urea groups is 1. The first kappa shape index (κ1) is 18.1. The molecule has 1 saturated heterocycles. The van der Waals surface area contributed by atoms with Crippen molar-refractivity contribution in [2.24, 2.45) is 0 Å². The van der Waals surface area contributed by atoms with Gasteiger partial charge >= 0.3 is 12.2 Å². The Morgan fingerprint density at radius 3 is 2.33 bits per heavy atom. The lowest BCUT2D eigenvalue weighted by molar-refractivity contribution is -0.138. The Morgan fingerprint density at radius 1 is 1.25 bits per heavy atom. The molecule has 2 amide bonds. The van der Waals surface area contributed by atoms with Crippen LogP contribution in [0.5, 0.6) is 0 Å².